The highest BCUT2D eigenvalue weighted by Crippen LogP contribution is 2.34. The molecule has 0 saturated carbocycles. The first-order valence-corrected chi connectivity index (χ1v) is 10.7. The highest BCUT2D eigenvalue weighted by molar-refractivity contribution is 5.98. The molecule has 1 aliphatic rings. The maximum Gasteiger partial charge on any atom is 0.120 e. The molecule has 0 amide bonds. The molecule has 1 saturated heterocycles. The molecule has 0 atom stereocenters. The van der Waals surface area contributed by atoms with Crippen molar-refractivity contribution < 1.29 is 19.0 Å². The molecule has 5 nitrogen and oxygen atoms in total. The van der Waals surface area contributed by atoms with Crippen LogP contribution in [0.3, 0.4) is 0 Å². The van der Waals surface area contributed by atoms with Crippen LogP contribution in [0.5, 0.6) is 5.75 Å². The highest BCUT2D eigenvalue weighted by Gasteiger charge is 2.31. The standard InChI is InChI=1S/C27H23NO4/c28-16-20-12-21-4-5-24(15-26(21)25(14-20)22-6-9-31-18-22)32-17-19-2-1-3-23(13-19)27(29)7-10-30-11-8-27/h1-6,9,12-15,18,29H,7-8,10-11,17H2. The quantitative estimate of drug-likeness (QED) is 0.454. The molecule has 1 fully saturated rings. The van der Waals surface area contributed by atoms with Crippen LogP contribution in [-0.4, -0.2) is 18.3 Å². The third-order valence-corrected chi connectivity index (χ3v) is 6.08. The van der Waals surface area contributed by atoms with Gasteiger partial charge in [-0.3, -0.25) is 0 Å². The van der Waals surface area contributed by atoms with Gasteiger partial charge in [-0.05, 0) is 63.9 Å². The van der Waals surface area contributed by atoms with Crippen LogP contribution in [0.2, 0.25) is 0 Å². The van der Waals surface area contributed by atoms with Crippen LogP contribution in [0.1, 0.15) is 29.5 Å². The summed E-state index contributed by atoms with van der Waals surface area (Å²) in [6.45, 7) is 1.53. The summed E-state index contributed by atoms with van der Waals surface area (Å²) in [6, 6.07) is 21.7. The molecule has 1 aliphatic heterocycles. The van der Waals surface area contributed by atoms with Gasteiger partial charge in [-0.15, -0.1) is 0 Å². The van der Waals surface area contributed by atoms with E-state index in [0.29, 0.717) is 38.2 Å². The minimum Gasteiger partial charge on any atom is -0.489 e. The Morgan fingerprint density at radius 1 is 1.03 bits per heavy atom. The molecule has 0 radical (unpaired) electrons. The van der Waals surface area contributed by atoms with E-state index in [4.69, 9.17) is 13.9 Å². The first-order chi connectivity index (χ1) is 15.6. The smallest absolute Gasteiger partial charge is 0.120 e. The molecule has 3 aromatic carbocycles. The van der Waals surface area contributed by atoms with E-state index in [9.17, 15) is 10.4 Å². The Kier molecular flexibility index (Phi) is 5.40. The van der Waals surface area contributed by atoms with Gasteiger partial charge in [0.2, 0.25) is 0 Å². The Labute approximate surface area is 186 Å². The summed E-state index contributed by atoms with van der Waals surface area (Å²) in [7, 11) is 0. The normalized spacial score (nSPS) is 15.4. The van der Waals surface area contributed by atoms with Gasteiger partial charge in [0, 0.05) is 31.6 Å². The van der Waals surface area contributed by atoms with Crippen LogP contribution in [0, 0.1) is 11.3 Å². The third-order valence-electron chi connectivity index (χ3n) is 6.08. The average molecular weight is 425 g/mol. The number of nitrogens with zero attached hydrogens (tertiary/aromatic N) is 1. The first-order valence-electron chi connectivity index (χ1n) is 10.7. The van der Waals surface area contributed by atoms with E-state index in [1.807, 2.05) is 60.7 Å². The summed E-state index contributed by atoms with van der Waals surface area (Å²) in [5.74, 6) is 0.738. The molecule has 2 heterocycles. The fraction of sp³-hybridized carbons (Fsp3) is 0.222. The van der Waals surface area contributed by atoms with Gasteiger partial charge in [0.15, 0.2) is 0 Å². The van der Waals surface area contributed by atoms with E-state index in [1.165, 1.54) is 0 Å². The number of benzene rings is 3. The maximum absolute atomic E-state index is 11.0. The zero-order valence-electron chi connectivity index (χ0n) is 17.6. The molecule has 5 heteroatoms. The number of nitriles is 1. The van der Waals surface area contributed by atoms with Gasteiger partial charge in [0.05, 0.1) is 29.8 Å². The van der Waals surface area contributed by atoms with Gasteiger partial charge in [0.1, 0.15) is 12.4 Å². The summed E-state index contributed by atoms with van der Waals surface area (Å²) in [5, 5.41) is 22.3. The molecule has 32 heavy (non-hydrogen) atoms. The zero-order valence-corrected chi connectivity index (χ0v) is 17.6. The lowest BCUT2D eigenvalue weighted by molar-refractivity contribution is -0.0679. The second-order valence-electron chi connectivity index (χ2n) is 8.16. The topological polar surface area (TPSA) is 75.6 Å². The number of fused-ring (bicyclic) bond motifs is 1. The van der Waals surface area contributed by atoms with Gasteiger partial charge >= 0.3 is 0 Å². The van der Waals surface area contributed by atoms with Gasteiger partial charge in [0.25, 0.3) is 0 Å². The molecule has 0 spiro atoms. The van der Waals surface area contributed by atoms with Crippen LogP contribution in [0.15, 0.2) is 77.6 Å². The number of hydrogen-bond donors (Lipinski definition) is 1. The Balaban J connectivity index is 1.41. The Morgan fingerprint density at radius 2 is 1.91 bits per heavy atom. The number of furan rings is 1. The monoisotopic (exact) mass is 425 g/mol. The van der Waals surface area contributed by atoms with Crippen LogP contribution in [0.4, 0.5) is 0 Å². The lowest BCUT2D eigenvalue weighted by atomic mass is 9.86. The SMILES string of the molecule is N#Cc1cc(-c2ccoc2)c2cc(OCc3cccc(C4(O)CCOCC4)c3)ccc2c1. The summed E-state index contributed by atoms with van der Waals surface area (Å²) in [6.07, 6.45) is 4.50. The van der Waals surface area contributed by atoms with Crippen LogP contribution < -0.4 is 4.74 Å². The Bertz CT molecular complexity index is 1280. The zero-order chi connectivity index (χ0) is 22.0. The van der Waals surface area contributed by atoms with Crippen molar-refractivity contribution >= 4 is 10.8 Å². The summed E-state index contributed by atoms with van der Waals surface area (Å²) in [4.78, 5) is 0. The minimum absolute atomic E-state index is 0.392. The maximum atomic E-state index is 11.0. The van der Waals surface area contributed by atoms with Crippen molar-refractivity contribution in [1.29, 1.82) is 5.26 Å². The van der Waals surface area contributed by atoms with E-state index in [-0.39, 0.29) is 0 Å². The molecule has 0 unspecified atom stereocenters. The van der Waals surface area contributed by atoms with Gasteiger partial charge in [-0.25, -0.2) is 0 Å². The van der Waals surface area contributed by atoms with Crippen molar-refractivity contribution in [2.75, 3.05) is 13.2 Å². The van der Waals surface area contributed by atoms with E-state index in [1.54, 1.807) is 12.5 Å². The Morgan fingerprint density at radius 3 is 2.69 bits per heavy atom. The van der Waals surface area contributed by atoms with Crippen molar-refractivity contribution in [3.05, 3.63) is 89.9 Å². The second-order valence-corrected chi connectivity index (χ2v) is 8.16. The lowest BCUT2D eigenvalue weighted by Crippen LogP contribution is -2.33. The first kappa shape index (κ1) is 20.3. The molecule has 1 aromatic heterocycles. The van der Waals surface area contributed by atoms with E-state index >= 15 is 0 Å². The van der Waals surface area contributed by atoms with Gasteiger partial charge in [-0.1, -0.05) is 24.3 Å². The molecule has 160 valence electrons. The van der Waals surface area contributed by atoms with Gasteiger partial charge in [-0.2, -0.15) is 5.26 Å². The summed E-state index contributed by atoms with van der Waals surface area (Å²) in [5.41, 5.74) is 3.52. The van der Waals surface area contributed by atoms with Crippen molar-refractivity contribution in [2.24, 2.45) is 0 Å². The molecule has 4 aromatic rings. The fourth-order valence-corrected chi connectivity index (χ4v) is 4.26. The van der Waals surface area contributed by atoms with Crippen LogP contribution in [0.25, 0.3) is 21.9 Å². The predicted molar refractivity (Wildman–Crippen MR) is 121 cm³/mol. The number of ether oxygens (including phenoxy) is 2. The average Bonchev–Trinajstić information content (AvgIpc) is 3.37. The highest BCUT2D eigenvalue weighted by atomic mass is 16.5. The van der Waals surface area contributed by atoms with Crippen LogP contribution in [-0.2, 0) is 16.9 Å². The number of hydrogen-bond acceptors (Lipinski definition) is 5. The molecule has 0 bridgehead atoms. The fourth-order valence-electron chi connectivity index (χ4n) is 4.26. The lowest BCUT2D eigenvalue weighted by Gasteiger charge is -2.32. The molecule has 0 aliphatic carbocycles. The summed E-state index contributed by atoms with van der Waals surface area (Å²) >= 11 is 0. The van der Waals surface area contributed by atoms with E-state index < -0.39 is 5.60 Å². The third kappa shape index (κ3) is 3.99. The number of rotatable bonds is 5. The molecule has 1 N–H and O–H groups in total. The van der Waals surface area contributed by atoms with Crippen molar-refractivity contribution in [3.63, 3.8) is 0 Å². The van der Waals surface area contributed by atoms with Crippen molar-refractivity contribution in [1.82, 2.24) is 0 Å². The molecular weight excluding hydrogens is 402 g/mol. The minimum atomic E-state index is -0.838. The van der Waals surface area contributed by atoms with Crippen molar-refractivity contribution in [2.45, 2.75) is 25.0 Å². The second kappa shape index (κ2) is 8.51. The molecular formula is C27H23NO4. The summed E-state index contributed by atoms with van der Waals surface area (Å²) < 4.78 is 16.8. The van der Waals surface area contributed by atoms with Crippen molar-refractivity contribution in [3.8, 4) is 22.9 Å². The van der Waals surface area contributed by atoms with E-state index in [2.05, 4.69) is 6.07 Å². The van der Waals surface area contributed by atoms with E-state index in [0.717, 1.165) is 38.8 Å². The molecule has 5 rings (SSSR count). The predicted octanol–water partition coefficient (Wildman–Crippen LogP) is 5.55. The van der Waals surface area contributed by atoms with Gasteiger partial charge < -0.3 is 19.0 Å². The number of aliphatic hydroxyl groups is 1. The van der Waals surface area contributed by atoms with Crippen LogP contribution >= 0.6 is 0 Å². The largest absolute Gasteiger partial charge is 0.489 e. The Hall–Kier alpha value is -3.59.